The minimum atomic E-state index is 0.125. The number of rotatable bonds is 4. The van der Waals surface area contributed by atoms with Gasteiger partial charge in [-0.05, 0) is 49.9 Å². The summed E-state index contributed by atoms with van der Waals surface area (Å²) in [6.07, 6.45) is 3.41. The van der Waals surface area contributed by atoms with Crippen LogP contribution in [-0.4, -0.2) is 25.7 Å². The van der Waals surface area contributed by atoms with Crippen LogP contribution in [0.1, 0.15) is 31.7 Å². The number of nitrogens with zero attached hydrogens (tertiary/aromatic N) is 1. The average molecular weight is 262 g/mol. The maximum Gasteiger partial charge on any atom is 0.227 e. The van der Waals surface area contributed by atoms with Gasteiger partial charge in [0.1, 0.15) is 0 Å². The second kappa shape index (κ2) is 6.06. The Balaban J connectivity index is 2.08. The molecule has 1 aliphatic heterocycles. The molecular formula is C15H22N2O2. The Bertz CT molecular complexity index is 459. The Morgan fingerprint density at radius 2 is 2.32 bits per heavy atom. The van der Waals surface area contributed by atoms with Crippen molar-refractivity contribution in [1.82, 2.24) is 0 Å². The molecule has 0 fully saturated rings. The van der Waals surface area contributed by atoms with E-state index in [-0.39, 0.29) is 12.0 Å². The number of nitrogens with two attached hydrogens (primary N) is 1. The van der Waals surface area contributed by atoms with Crippen molar-refractivity contribution < 1.29 is 9.53 Å². The summed E-state index contributed by atoms with van der Waals surface area (Å²) in [5.74, 6) is 0.176. The predicted octanol–water partition coefficient (Wildman–Crippen LogP) is 2.36. The lowest BCUT2D eigenvalue weighted by atomic mass is 10.0. The zero-order chi connectivity index (χ0) is 13.8. The minimum Gasteiger partial charge on any atom is -0.399 e. The van der Waals surface area contributed by atoms with Gasteiger partial charge in [0.15, 0.2) is 0 Å². The fourth-order valence-electron chi connectivity index (χ4n) is 2.46. The van der Waals surface area contributed by atoms with Crippen LogP contribution in [0.15, 0.2) is 18.2 Å². The van der Waals surface area contributed by atoms with E-state index in [1.807, 2.05) is 30.0 Å². The molecule has 0 radical (unpaired) electrons. The van der Waals surface area contributed by atoms with Gasteiger partial charge in [-0.2, -0.15) is 0 Å². The number of ether oxygens (including phenoxy) is 1. The van der Waals surface area contributed by atoms with Gasteiger partial charge in [0, 0.05) is 31.5 Å². The Kier molecular flexibility index (Phi) is 4.43. The molecule has 0 aromatic heterocycles. The Morgan fingerprint density at radius 3 is 3.05 bits per heavy atom. The van der Waals surface area contributed by atoms with Gasteiger partial charge in [0.25, 0.3) is 0 Å². The third-order valence-electron chi connectivity index (χ3n) is 3.69. The summed E-state index contributed by atoms with van der Waals surface area (Å²) >= 11 is 0. The molecule has 1 aliphatic rings. The number of hydrogen-bond donors (Lipinski definition) is 1. The number of fused-ring (bicyclic) bond motifs is 1. The van der Waals surface area contributed by atoms with Gasteiger partial charge in [-0.15, -0.1) is 0 Å². The smallest absolute Gasteiger partial charge is 0.227 e. The van der Waals surface area contributed by atoms with Crippen LogP contribution in [0.3, 0.4) is 0 Å². The van der Waals surface area contributed by atoms with Gasteiger partial charge in [-0.3, -0.25) is 4.79 Å². The van der Waals surface area contributed by atoms with E-state index in [1.165, 1.54) is 5.56 Å². The fourth-order valence-corrected chi connectivity index (χ4v) is 2.46. The maximum atomic E-state index is 12.3. The van der Waals surface area contributed by atoms with Crippen LogP contribution >= 0.6 is 0 Å². The lowest BCUT2D eigenvalue weighted by molar-refractivity contribution is -0.119. The molecule has 19 heavy (non-hydrogen) atoms. The number of amides is 1. The molecule has 0 saturated carbocycles. The van der Waals surface area contributed by atoms with Gasteiger partial charge in [-0.25, -0.2) is 0 Å². The highest BCUT2D eigenvalue weighted by molar-refractivity contribution is 5.94. The van der Waals surface area contributed by atoms with E-state index >= 15 is 0 Å². The van der Waals surface area contributed by atoms with Crippen molar-refractivity contribution in [2.45, 2.75) is 38.7 Å². The molecule has 4 nitrogen and oxygen atoms in total. The summed E-state index contributed by atoms with van der Waals surface area (Å²) in [6, 6.07) is 5.80. The van der Waals surface area contributed by atoms with Crippen molar-refractivity contribution in [3.63, 3.8) is 0 Å². The highest BCUT2D eigenvalue weighted by Crippen LogP contribution is 2.29. The molecule has 1 atom stereocenters. The minimum absolute atomic E-state index is 0.125. The molecule has 0 spiro atoms. The van der Waals surface area contributed by atoms with E-state index < -0.39 is 0 Å². The van der Waals surface area contributed by atoms with Crippen molar-refractivity contribution in [3.8, 4) is 0 Å². The first-order valence-corrected chi connectivity index (χ1v) is 6.83. The zero-order valence-corrected chi connectivity index (χ0v) is 11.7. The molecule has 1 aromatic rings. The van der Waals surface area contributed by atoms with E-state index in [4.69, 9.17) is 10.5 Å². The topological polar surface area (TPSA) is 55.6 Å². The second-order valence-electron chi connectivity index (χ2n) is 5.12. The number of aryl methyl sites for hydroxylation is 1. The van der Waals surface area contributed by atoms with Gasteiger partial charge in [0.05, 0.1) is 6.10 Å². The van der Waals surface area contributed by atoms with Crippen molar-refractivity contribution >= 4 is 17.3 Å². The molecule has 2 rings (SSSR count). The molecular weight excluding hydrogens is 240 g/mol. The van der Waals surface area contributed by atoms with Crippen molar-refractivity contribution in [3.05, 3.63) is 23.8 Å². The largest absolute Gasteiger partial charge is 0.399 e. The number of nitrogen functional groups attached to an aromatic ring is 1. The van der Waals surface area contributed by atoms with E-state index in [0.717, 1.165) is 37.2 Å². The number of hydrogen-bond acceptors (Lipinski definition) is 3. The monoisotopic (exact) mass is 262 g/mol. The lowest BCUT2D eigenvalue weighted by Gasteiger charge is -2.30. The fraction of sp³-hybridized carbons (Fsp3) is 0.533. The average Bonchev–Trinajstić information content (AvgIpc) is 2.43. The quantitative estimate of drug-likeness (QED) is 0.847. The maximum absolute atomic E-state index is 12.3. The normalized spacial score (nSPS) is 16.0. The molecule has 0 bridgehead atoms. The van der Waals surface area contributed by atoms with Crippen LogP contribution in [0.4, 0.5) is 11.4 Å². The first-order valence-electron chi connectivity index (χ1n) is 6.83. The zero-order valence-electron chi connectivity index (χ0n) is 11.7. The lowest BCUT2D eigenvalue weighted by Crippen LogP contribution is -2.35. The third kappa shape index (κ3) is 3.26. The van der Waals surface area contributed by atoms with Crippen LogP contribution in [0.25, 0.3) is 0 Å². The number of methoxy groups -OCH3 is 1. The van der Waals surface area contributed by atoms with Crippen LogP contribution in [-0.2, 0) is 16.0 Å². The number of carbonyl (C=O) groups is 1. The highest BCUT2D eigenvalue weighted by atomic mass is 16.5. The summed E-state index contributed by atoms with van der Waals surface area (Å²) in [7, 11) is 1.67. The van der Waals surface area contributed by atoms with E-state index in [2.05, 4.69) is 0 Å². The number of carbonyl (C=O) groups excluding carboxylic acids is 1. The molecule has 1 heterocycles. The van der Waals surface area contributed by atoms with Gasteiger partial charge < -0.3 is 15.4 Å². The van der Waals surface area contributed by atoms with Gasteiger partial charge in [0.2, 0.25) is 5.91 Å². The van der Waals surface area contributed by atoms with Crippen LogP contribution < -0.4 is 10.6 Å². The standard InChI is InChI=1S/C15H22N2O2/c1-11(19-2)5-8-15(18)17-9-3-4-12-10-13(16)6-7-14(12)17/h6-7,10-11H,3-5,8-9,16H2,1-2H3. The van der Waals surface area contributed by atoms with Crippen molar-refractivity contribution in [1.29, 1.82) is 0 Å². The molecule has 1 amide bonds. The van der Waals surface area contributed by atoms with Crippen molar-refractivity contribution in [2.75, 3.05) is 24.3 Å². The molecule has 1 aromatic carbocycles. The van der Waals surface area contributed by atoms with Crippen LogP contribution in [0, 0.1) is 0 Å². The summed E-state index contributed by atoms with van der Waals surface area (Å²) in [5.41, 5.74) is 8.77. The Hall–Kier alpha value is -1.55. The van der Waals surface area contributed by atoms with E-state index in [1.54, 1.807) is 7.11 Å². The van der Waals surface area contributed by atoms with E-state index in [0.29, 0.717) is 6.42 Å². The molecule has 0 aliphatic carbocycles. The highest BCUT2D eigenvalue weighted by Gasteiger charge is 2.22. The van der Waals surface area contributed by atoms with Crippen LogP contribution in [0.2, 0.25) is 0 Å². The second-order valence-corrected chi connectivity index (χ2v) is 5.12. The Morgan fingerprint density at radius 1 is 1.53 bits per heavy atom. The number of benzene rings is 1. The predicted molar refractivity (Wildman–Crippen MR) is 77.2 cm³/mol. The first kappa shape index (κ1) is 13.9. The molecule has 4 heteroatoms. The summed E-state index contributed by atoms with van der Waals surface area (Å²) in [6.45, 7) is 2.79. The molecule has 1 unspecified atom stereocenters. The first-order chi connectivity index (χ1) is 9.11. The van der Waals surface area contributed by atoms with Gasteiger partial charge >= 0.3 is 0 Å². The summed E-state index contributed by atoms with van der Waals surface area (Å²) in [5, 5.41) is 0. The third-order valence-corrected chi connectivity index (χ3v) is 3.69. The summed E-state index contributed by atoms with van der Waals surface area (Å²) < 4.78 is 5.19. The van der Waals surface area contributed by atoms with Crippen LogP contribution in [0.5, 0.6) is 0 Å². The summed E-state index contributed by atoms with van der Waals surface area (Å²) in [4.78, 5) is 14.2. The van der Waals surface area contributed by atoms with Crippen molar-refractivity contribution in [2.24, 2.45) is 0 Å². The molecule has 0 saturated heterocycles. The van der Waals surface area contributed by atoms with E-state index in [9.17, 15) is 4.79 Å². The van der Waals surface area contributed by atoms with Gasteiger partial charge in [-0.1, -0.05) is 0 Å². The Labute approximate surface area is 114 Å². The molecule has 104 valence electrons. The number of anilines is 2. The SMILES string of the molecule is COC(C)CCC(=O)N1CCCc2cc(N)ccc21. The molecule has 2 N–H and O–H groups in total.